The number of hydrogen-bond acceptors (Lipinski definition) is 8. The number of sulfonamides is 1. The quantitative estimate of drug-likeness (QED) is 0.536. The van der Waals surface area contributed by atoms with Crippen LogP contribution in [0.4, 0.5) is 5.13 Å². The summed E-state index contributed by atoms with van der Waals surface area (Å²) in [4.78, 5) is 7.03. The minimum Gasteiger partial charge on any atom is -0.497 e. The highest BCUT2D eigenvalue weighted by Gasteiger charge is 2.29. The molecule has 10 heteroatoms. The van der Waals surface area contributed by atoms with E-state index in [-0.39, 0.29) is 4.90 Å². The highest BCUT2D eigenvalue weighted by atomic mass is 32.2. The van der Waals surface area contributed by atoms with Gasteiger partial charge in [0.1, 0.15) is 17.3 Å². The first kappa shape index (κ1) is 21.5. The molecule has 1 aliphatic heterocycles. The van der Waals surface area contributed by atoms with Crippen molar-refractivity contribution in [2.45, 2.75) is 11.3 Å². The van der Waals surface area contributed by atoms with Crippen LogP contribution in [0.25, 0.3) is 0 Å². The minimum atomic E-state index is -3.53. The van der Waals surface area contributed by atoms with Gasteiger partial charge in [-0.25, -0.2) is 13.4 Å². The van der Waals surface area contributed by atoms with Gasteiger partial charge in [-0.05, 0) is 42.0 Å². The average molecular weight is 461 g/mol. The van der Waals surface area contributed by atoms with Gasteiger partial charge in [0.2, 0.25) is 15.2 Å². The Labute approximate surface area is 186 Å². The fourth-order valence-corrected chi connectivity index (χ4v) is 5.55. The second-order valence-electron chi connectivity index (χ2n) is 7.08. The molecule has 31 heavy (non-hydrogen) atoms. The predicted molar refractivity (Wildman–Crippen MR) is 120 cm³/mol. The molecule has 1 aliphatic rings. The minimum absolute atomic E-state index is 0.277. The summed E-state index contributed by atoms with van der Waals surface area (Å²) in [7, 11) is -0.327. The highest BCUT2D eigenvalue weighted by molar-refractivity contribution is 7.89. The molecule has 4 rings (SSSR count). The van der Waals surface area contributed by atoms with Crippen LogP contribution in [0.5, 0.6) is 11.5 Å². The fraction of sp³-hybridized carbons (Fsp3) is 0.333. The van der Waals surface area contributed by atoms with Crippen molar-refractivity contribution >= 4 is 26.7 Å². The summed E-state index contributed by atoms with van der Waals surface area (Å²) in [5.41, 5.74) is 1.11. The Morgan fingerprint density at radius 1 is 0.903 bits per heavy atom. The number of aromatic nitrogens is 2. The topological polar surface area (TPSA) is 84.9 Å². The molecule has 164 valence electrons. The van der Waals surface area contributed by atoms with E-state index in [4.69, 9.17) is 9.47 Å². The first-order chi connectivity index (χ1) is 15.0. The molecule has 1 aromatic heterocycles. The lowest BCUT2D eigenvalue weighted by molar-refractivity contribution is 0.384. The van der Waals surface area contributed by atoms with Gasteiger partial charge >= 0.3 is 0 Å². The third-order valence-electron chi connectivity index (χ3n) is 5.19. The van der Waals surface area contributed by atoms with Gasteiger partial charge in [0.15, 0.2) is 0 Å². The Hall–Kier alpha value is -2.69. The van der Waals surface area contributed by atoms with Gasteiger partial charge in [-0.1, -0.05) is 12.1 Å². The smallest absolute Gasteiger partial charge is 0.243 e. The second kappa shape index (κ2) is 9.21. The van der Waals surface area contributed by atoms with E-state index < -0.39 is 10.0 Å². The monoisotopic (exact) mass is 460 g/mol. The molecular weight excluding hydrogens is 436 g/mol. The standard InChI is InChI=1S/C21H24N4O4S2/c1-28-17-5-3-16(4-6-17)15-20-22-21(30-23-20)24-11-13-25(14-12-24)31(26,27)19-9-7-18(29-2)8-10-19/h3-10H,11-15H2,1-2H3. The van der Waals surface area contributed by atoms with Crippen molar-refractivity contribution in [2.24, 2.45) is 0 Å². The van der Waals surface area contributed by atoms with E-state index in [0.717, 1.165) is 22.3 Å². The molecule has 0 aliphatic carbocycles. The van der Waals surface area contributed by atoms with Gasteiger partial charge in [-0.2, -0.15) is 8.68 Å². The number of hydrogen-bond donors (Lipinski definition) is 0. The molecule has 1 saturated heterocycles. The van der Waals surface area contributed by atoms with E-state index in [0.29, 0.717) is 38.3 Å². The molecule has 1 fully saturated rings. The number of piperazine rings is 1. The van der Waals surface area contributed by atoms with Crippen LogP contribution in [-0.4, -0.2) is 62.5 Å². The molecule has 3 aromatic rings. The fourth-order valence-electron chi connectivity index (χ4n) is 3.39. The van der Waals surface area contributed by atoms with Crippen molar-refractivity contribution in [3.05, 3.63) is 59.9 Å². The number of rotatable bonds is 7. The van der Waals surface area contributed by atoms with E-state index in [1.165, 1.54) is 15.8 Å². The van der Waals surface area contributed by atoms with Crippen LogP contribution in [0.2, 0.25) is 0 Å². The van der Waals surface area contributed by atoms with Crippen molar-refractivity contribution in [2.75, 3.05) is 45.3 Å². The van der Waals surface area contributed by atoms with Crippen molar-refractivity contribution in [1.82, 2.24) is 13.7 Å². The predicted octanol–water partition coefficient (Wildman–Crippen LogP) is 2.66. The number of ether oxygens (including phenoxy) is 2. The zero-order valence-electron chi connectivity index (χ0n) is 17.4. The number of anilines is 1. The number of methoxy groups -OCH3 is 2. The molecule has 0 atom stereocenters. The van der Waals surface area contributed by atoms with Crippen LogP contribution >= 0.6 is 11.5 Å². The lowest BCUT2D eigenvalue weighted by Crippen LogP contribution is -2.48. The van der Waals surface area contributed by atoms with Gasteiger partial charge in [-0.3, -0.25) is 0 Å². The molecule has 2 aromatic carbocycles. The Morgan fingerprint density at radius 3 is 2.06 bits per heavy atom. The summed E-state index contributed by atoms with van der Waals surface area (Å²) >= 11 is 1.35. The van der Waals surface area contributed by atoms with E-state index in [2.05, 4.69) is 14.3 Å². The maximum atomic E-state index is 12.9. The van der Waals surface area contributed by atoms with Crippen molar-refractivity contribution < 1.29 is 17.9 Å². The largest absolute Gasteiger partial charge is 0.497 e. The van der Waals surface area contributed by atoms with Gasteiger partial charge < -0.3 is 14.4 Å². The van der Waals surface area contributed by atoms with Crippen LogP contribution in [0.3, 0.4) is 0 Å². The normalized spacial score (nSPS) is 15.1. The molecule has 0 N–H and O–H groups in total. The summed E-state index contributed by atoms with van der Waals surface area (Å²) in [5, 5.41) is 0.824. The summed E-state index contributed by atoms with van der Waals surface area (Å²) in [6.07, 6.45) is 0.645. The third kappa shape index (κ3) is 4.81. The number of nitrogens with zero attached hydrogens (tertiary/aromatic N) is 4. The van der Waals surface area contributed by atoms with Crippen molar-refractivity contribution in [3.8, 4) is 11.5 Å². The van der Waals surface area contributed by atoms with Crippen molar-refractivity contribution in [3.63, 3.8) is 0 Å². The first-order valence-corrected chi connectivity index (χ1v) is 12.1. The van der Waals surface area contributed by atoms with Crippen LogP contribution < -0.4 is 14.4 Å². The van der Waals surface area contributed by atoms with Crippen LogP contribution in [-0.2, 0) is 16.4 Å². The number of benzene rings is 2. The molecule has 0 spiro atoms. The maximum Gasteiger partial charge on any atom is 0.243 e. The van der Waals surface area contributed by atoms with Gasteiger partial charge in [-0.15, -0.1) is 0 Å². The summed E-state index contributed by atoms with van der Waals surface area (Å²) in [6.45, 7) is 1.96. The van der Waals surface area contributed by atoms with Crippen molar-refractivity contribution in [1.29, 1.82) is 0 Å². The van der Waals surface area contributed by atoms with E-state index in [9.17, 15) is 8.42 Å². The zero-order chi connectivity index (χ0) is 21.8. The first-order valence-electron chi connectivity index (χ1n) is 9.84. The molecule has 8 nitrogen and oxygen atoms in total. The van der Waals surface area contributed by atoms with Crippen LogP contribution in [0.15, 0.2) is 53.4 Å². The van der Waals surface area contributed by atoms with E-state index in [1.54, 1.807) is 38.5 Å². The van der Waals surface area contributed by atoms with Crippen LogP contribution in [0.1, 0.15) is 11.4 Å². The molecule has 0 bridgehead atoms. The Bertz CT molecular complexity index is 1110. The highest BCUT2D eigenvalue weighted by Crippen LogP contribution is 2.24. The Kier molecular flexibility index (Phi) is 6.40. The molecule has 0 radical (unpaired) electrons. The molecular formula is C21H24N4O4S2. The van der Waals surface area contributed by atoms with E-state index >= 15 is 0 Å². The van der Waals surface area contributed by atoms with Crippen LogP contribution in [0, 0.1) is 0 Å². The summed E-state index contributed by atoms with van der Waals surface area (Å²) in [6, 6.07) is 14.3. The maximum absolute atomic E-state index is 12.9. The molecule has 2 heterocycles. The molecule has 0 unspecified atom stereocenters. The SMILES string of the molecule is COc1ccc(Cc2nsc(N3CCN(S(=O)(=O)c4ccc(OC)cc4)CC3)n2)cc1. The van der Waals surface area contributed by atoms with E-state index in [1.807, 2.05) is 24.3 Å². The average Bonchev–Trinajstić information content (AvgIpc) is 3.28. The lowest BCUT2D eigenvalue weighted by Gasteiger charge is -2.33. The van der Waals surface area contributed by atoms with Gasteiger partial charge in [0.05, 0.1) is 19.1 Å². The lowest BCUT2D eigenvalue weighted by atomic mass is 10.1. The summed E-state index contributed by atoms with van der Waals surface area (Å²) in [5.74, 6) is 2.21. The third-order valence-corrected chi connectivity index (χ3v) is 7.91. The Morgan fingerprint density at radius 2 is 1.48 bits per heavy atom. The second-order valence-corrected chi connectivity index (χ2v) is 9.75. The Balaban J connectivity index is 1.37. The summed E-state index contributed by atoms with van der Waals surface area (Å²) < 4.78 is 42.1. The van der Waals surface area contributed by atoms with Gasteiger partial charge in [0.25, 0.3) is 0 Å². The van der Waals surface area contributed by atoms with Gasteiger partial charge in [0, 0.05) is 44.1 Å². The zero-order valence-corrected chi connectivity index (χ0v) is 19.0. The molecule has 0 saturated carbocycles. The molecule has 0 amide bonds.